The molecular formula is C13H10Cl2N2O2. The van der Waals surface area contributed by atoms with E-state index in [2.05, 4.69) is 10.3 Å². The molecule has 1 amide bonds. The van der Waals surface area contributed by atoms with Crippen molar-refractivity contribution in [2.24, 2.45) is 0 Å². The van der Waals surface area contributed by atoms with Crippen LogP contribution in [0.25, 0.3) is 0 Å². The average molecular weight is 297 g/mol. The molecule has 2 rings (SSSR count). The fraction of sp³-hybridized carbons (Fsp3) is 0.0769. The maximum absolute atomic E-state index is 11.6. The molecule has 0 radical (unpaired) electrons. The van der Waals surface area contributed by atoms with Crippen LogP contribution in [0.15, 0.2) is 42.6 Å². The zero-order valence-corrected chi connectivity index (χ0v) is 11.3. The molecule has 0 aliphatic rings. The van der Waals surface area contributed by atoms with Gasteiger partial charge < -0.3 is 10.1 Å². The van der Waals surface area contributed by atoms with Gasteiger partial charge in [0.25, 0.3) is 5.91 Å². The molecule has 0 unspecified atom stereocenters. The summed E-state index contributed by atoms with van der Waals surface area (Å²) in [7, 11) is 0. The van der Waals surface area contributed by atoms with E-state index in [0.29, 0.717) is 16.5 Å². The zero-order chi connectivity index (χ0) is 13.7. The second-order valence-electron chi connectivity index (χ2n) is 3.64. The van der Waals surface area contributed by atoms with E-state index in [9.17, 15) is 4.79 Å². The Morgan fingerprint density at radius 2 is 1.95 bits per heavy atom. The Bertz CT molecular complexity index is 573. The molecule has 1 heterocycles. The Morgan fingerprint density at radius 3 is 2.63 bits per heavy atom. The molecule has 0 saturated carbocycles. The summed E-state index contributed by atoms with van der Waals surface area (Å²) in [5, 5.41) is 3.50. The van der Waals surface area contributed by atoms with Crippen molar-refractivity contribution >= 4 is 34.8 Å². The number of nitrogens with zero attached hydrogens (tertiary/aromatic N) is 1. The fourth-order valence-corrected chi connectivity index (χ4v) is 1.65. The zero-order valence-electron chi connectivity index (χ0n) is 9.77. The summed E-state index contributed by atoms with van der Waals surface area (Å²) in [6.45, 7) is -0.145. The predicted octanol–water partition coefficient (Wildman–Crippen LogP) is 3.41. The minimum absolute atomic E-state index is 0.145. The fourth-order valence-electron chi connectivity index (χ4n) is 1.35. The Labute approximate surface area is 120 Å². The lowest BCUT2D eigenvalue weighted by atomic mass is 10.3. The molecule has 6 heteroatoms. The van der Waals surface area contributed by atoms with Crippen LogP contribution in [0.1, 0.15) is 0 Å². The first-order chi connectivity index (χ1) is 9.15. The molecule has 0 atom stereocenters. The molecule has 1 N–H and O–H groups in total. The molecule has 0 spiro atoms. The number of amides is 1. The number of ether oxygens (including phenoxy) is 1. The van der Waals surface area contributed by atoms with Gasteiger partial charge in [0.1, 0.15) is 0 Å². The summed E-state index contributed by atoms with van der Waals surface area (Å²) >= 11 is 11.6. The lowest BCUT2D eigenvalue weighted by Gasteiger charge is -2.08. The number of benzene rings is 1. The summed E-state index contributed by atoms with van der Waals surface area (Å²) < 4.78 is 5.26. The number of halogens is 2. The van der Waals surface area contributed by atoms with Crippen LogP contribution in [0, 0.1) is 0 Å². The number of carbonyl (C=O) groups is 1. The molecule has 1 aromatic heterocycles. The second-order valence-corrected chi connectivity index (χ2v) is 4.43. The van der Waals surface area contributed by atoms with E-state index in [1.165, 1.54) is 0 Å². The van der Waals surface area contributed by atoms with Gasteiger partial charge >= 0.3 is 0 Å². The maximum Gasteiger partial charge on any atom is 0.262 e. The third kappa shape index (κ3) is 4.12. The first-order valence-corrected chi connectivity index (χ1v) is 6.19. The summed E-state index contributed by atoms with van der Waals surface area (Å²) in [4.78, 5) is 15.5. The molecule has 98 valence electrons. The molecule has 4 nitrogen and oxygen atoms in total. The SMILES string of the molecule is O=C(COc1cccnc1Cl)Nc1ccc(Cl)cc1. The molecule has 2 aromatic rings. The third-order valence-electron chi connectivity index (χ3n) is 2.21. The topological polar surface area (TPSA) is 51.2 Å². The number of carbonyl (C=O) groups excluding carboxylic acids is 1. The van der Waals surface area contributed by atoms with Crippen molar-refractivity contribution in [1.82, 2.24) is 4.98 Å². The maximum atomic E-state index is 11.6. The van der Waals surface area contributed by atoms with Gasteiger partial charge in [-0.25, -0.2) is 4.98 Å². The summed E-state index contributed by atoms with van der Waals surface area (Å²) in [5.74, 6) is 0.0812. The van der Waals surface area contributed by atoms with E-state index in [1.807, 2.05) is 0 Å². The minimum atomic E-state index is -0.290. The van der Waals surface area contributed by atoms with Crippen LogP contribution < -0.4 is 10.1 Å². The predicted molar refractivity (Wildman–Crippen MR) is 74.8 cm³/mol. The summed E-state index contributed by atoms with van der Waals surface area (Å²) in [6, 6.07) is 10.1. The van der Waals surface area contributed by atoms with Gasteiger partial charge in [-0.15, -0.1) is 0 Å². The van der Waals surface area contributed by atoms with E-state index < -0.39 is 0 Å². The van der Waals surface area contributed by atoms with Gasteiger partial charge in [-0.3, -0.25) is 4.79 Å². The molecule has 0 aliphatic carbocycles. The molecule has 0 fully saturated rings. The van der Waals surface area contributed by atoms with Gasteiger partial charge in [-0.1, -0.05) is 23.2 Å². The molecular weight excluding hydrogens is 287 g/mol. The van der Waals surface area contributed by atoms with Gasteiger partial charge in [0.2, 0.25) is 0 Å². The van der Waals surface area contributed by atoms with Crippen LogP contribution in [0.3, 0.4) is 0 Å². The Kier molecular flexibility index (Phi) is 4.60. The van der Waals surface area contributed by atoms with Crippen LogP contribution in [0.2, 0.25) is 10.2 Å². The Hall–Kier alpha value is -1.78. The Morgan fingerprint density at radius 1 is 1.21 bits per heavy atom. The highest BCUT2D eigenvalue weighted by Crippen LogP contribution is 2.20. The highest BCUT2D eigenvalue weighted by Gasteiger charge is 2.06. The van der Waals surface area contributed by atoms with E-state index in [-0.39, 0.29) is 17.7 Å². The van der Waals surface area contributed by atoms with Crippen LogP contribution in [0.4, 0.5) is 5.69 Å². The van der Waals surface area contributed by atoms with Crippen molar-refractivity contribution in [3.05, 3.63) is 52.8 Å². The first kappa shape index (κ1) is 13.6. The molecule has 0 saturated heterocycles. The molecule has 1 aromatic carbocycles. The molecule has 19 heavy (non-hydrogen) atoms. The number of nitrogens with one attached hydrogen (secondary N) is 1. The standard InChI is InChI=1S/C13H10Cl2N2O2/c14-9-3-5-10(6-4-9)17-12(18)8-19-11-2-1-7-16-13(11)15/h1-7H,8H2,(H,17,18). The van der Waals surface area contributed by atoms with Crippen molar-refractivity contribution in [2.45, 2.75) is 0 Å². The van der Waals surface area contributed by atoms with Crippen LogP contribution in [-0.2, 0) is 4.79 Å². The van der Waals surface area contributed by atoms with Gasteiger partial charge in [-0.05, 0) is 36.4 Å². The third-order valence-corrected chi connectivity index (χ3v) is 2.75. The summed E-state index contributed by atoms with van der Waals surface area (Å²) in [5.41, 5.74) is 0.648. The highest BCUT2D eigenvalue weighted by molar-refractivity contribution is 6.31. The number of anilines is 1. The van der Waals surface area contributed by atoms with Crippen molar-refractivity contribution in [3.63, 3.8) is 0 Å². The largest absolute Gasteiger partial charge is 0.481 e. The number of pyridine rings is 1. The van der Waals surface area contributed by atoms with Crippen LogP contribution in [0.5, 0.6) is 5.75 Å². The average Bonchev–Trinajstić information content (AvgIpc) is 2.40. The van der Waals surface area contributed by atoms with Gasteiger partial charge in [0.05, 0.1) is 0 Å². The minimum Gasteiger partial charge on any atom is -0.481 e. The van der Waals surface area contributed by atoms with Crippen molar-refractivity contribution in [3.8, 4) is 5.75 Å². The lowest BCUT2D eigenvalue weighted by molar-refractivity contribution is -0.118. The van der Waals surface area contributed by atoms with E-state index in [1.54, 1.807) is 42.6 Å². The quantitative estimate of drug-likeness (QED) is 0.880. The monoisotopic (exact) mass is 296 g/mol. The number of rotatable bonds is 4. The van der Waals surface area contributed by atoms with Crippen LogP contribution >= 0.6 is 23.2 Å². The van der Waals surface area contributed by atoms with Crippen molar-refractivity contribution < 1.29 is 9.53 Å². The smallest absolute Gasteiger partial charge is 0.262 e. The second kappa shape index (κ2) is 6.41. The van der Waals surface area contributed by atoms with E-state index in [4.69, 9.17) is 27.9 Å². The van der Waals surface area contributed by atoms with Crippen molar-refractivity contribution in [2.75, 3.05) is 11.9 Å². The van der Waals surface area contributed by atoms with Gasteiger partial charge in [0.15, 0.2) is 17.5 Å². The van der Waals surface area contributed by atoms with Crippen molar-refractivity contribution in [1.29, 1.82) is 0 Å². The normalized spacial score (nSPS) is 10.0. The number of hydrogen-bond acceptors (Lipinski definition) is 3. The first-order valence-electron chi connectivity index (χ1n) is 5.44. The lowest BCUT2D eigenvalue weighted by Crippen LogP contribution is -2.20. The van der Waals surface area contributed by atoms with E-state index >= 15 is 0 Å². The number of aromatic nitrogens is 1. The number of hydrogen-bond donors (Lipinski definition) is 1. The van der Waals surface area contributed by atoms with E-state index in [0.717, 1.165) is 0 Å². The van der Waals surface area contributed by atoms with Crippen LogP contribution in [-0.4, -0.2) is 17.5 Å². The van der Waals surface area contributed by atoms with Gasteiger partial charge in [0, 0.05) is 16.9 Å². The Balaban J connectivity index is 1.88. The summed E-state index contributed by atoms with van der Waals surface area (Å²) in [6.07, 6.45) is 1.54. The highest BCUT2D eigenvalue weighted by atomic mass is 35.5. The van der Waals surface area contributed by atoms with Gasteiger partial charge in [-0.2, -0.15) is 0 Å². The molecule has 0 aliphatic heterocycles. The molecule has 0 bridgehead atoms.